The van der Waals surface area contributed by atoms with E-state index < -0.39 is 5.41 Å². The van der Waals surface area contributed by atoms with Gasteiger partial charge in [-0.2, -0.15) is 0 Å². The van der Waals surface area contributed by atoms with Crippen molar-refractivity contribution in [2.45, 2.75) is 52.4 Å². The maximum absolute atomic E-state index is 12.8. The Balaban J connectivity index is 2.17. The lowest BCUT2D eigenvalue weighted by atomic mass is 9.73. The summed E-state index contributed by atoms with van der Waals surface area (Å²) in [4.78, 5) is 15.2. The van der Waals surface area contributed by atoms with Crippen molar-refractivity contribution in [2.75, 3.05) is 13.1 Å². The molecule has 0 radical (unpaired) electrons. The molecule has 1 amide bonds. The molecule has 0 aromatic heterocycles. The third-order valence-corrected chi connectivity index (χ3v) is 4.94. The molecule has 2 N–H and O–H groups in total. The van der Waals surface area contributed by atoms with E-state index in [4.69, 9.17) is 18.0 Å². The minimum atomic E-state index is -0.534. The summed E-state index contributed by atoms with van der Waals surface area (Å²) in [6, 6.07) is 0. The molecule has 1 saturated heterocycles. The van der Waals surface area contributed by atoms with Gasteiger partial charge in [0.1, 0.15) is 0 Å². The minimum absolute atomic E-state index is 0.195. The summed E-state index contributed by atoms with van der Waals surface area (Å²) >= 11 is 5.23. The molecular weight excluding hydrogens is 244 g/mol. The fourth-order valence-electron chi connectivity index (χ4n) is 3.31. The van der Waals surface area contributed by atoms with E-state index in [1.54, 1.807) is 0 Å². The lowest BCUT2D eigenvalue weighted by Crippen LogP contribution is -2.51. The lowest BCUT2D eigenvalue weighted by Gasteiger charge is -2.38. The molecular formula is C14H24N2OS. The van der Waals surface area contributed by atoms with Crippen molar-refractivity contribution in [1.29, 1.82) is 0 Å². The molecule has 2 rings (SSSR count). The smallest absolute Gasteiger partial charge is 0.235 e. The summed E-state index contributed by atoms with van der Waals surface area (Å²) in [5.41, 5.74) is 5.63. The Bertz CT molecular complexity index is 359. The molecule has 1 heterocycles. The van der Waals surface area contributed by atoms with Gasteiger partial charge in [0.25, 0.3) is 0 Å². The lowest BCUT2D eigenvalue weighted by molar-refractivity contribution is -0.139. The Morgan fingerprint density at radius 3 is 2.22 bits per heavy atom. The van der Waals surface area contributed by atoms with Crippen LogP contribution in [0.15, 0.2) is 0 Å². The number of hydrogen-bond acceptors (Lipinski definition) is 2. The van der Waals surface area contributed by atoms with E-state index in [9.17, 15) is 4.79 Å². The molecule has 3 nitrogen and oxygen atoms in total. The van der Waals surface area contributed by atoms with Crippen LogP contribution in [-0.4, -0.2) is 28.9 Å². The van der Waals surface area contributed by atoms with Gasteiger partial charge in [-0.1, -0.05) is 45.3 Å². The number of thiocarbonyl (C=S) groups is 1. The Hall–Kier alpha value is -0.640. The Kier molecular flexibility index (Phi) is 3.67. The van der Waals surface area contributed by atoms with Gasteiger partial charge in [0.2, 0.25) is 5.91 Å². The van der Waals surface area contributed by atoms with Crippen LogP contribution in [0.3, 0.4) is 0 Å². The average molecular weight is 268 g/mol. The van der Waals surface area contributed by atoms with Crippen LogP contribution in [0.1, 0.15) is 52.4 Å². The molecule has 2 aliphatic rings. The average Bonchev–Trinajstić information content (AvgIpc) is 2.69. The number of rotatable bonds is 2. The van der Waals surface area contributed by atoms with Crippen molar-refractivity contribution >= 4 is 23.1 Å². The molecule has 0 aromatic carbocycles. The SMILES string of the molecule is CC1(C)CCN(C(=O)C2(C(N)=S)CCCCC2)C1. The fraction of sp³-hybridized carbons (Fsp3) is 0.857. The first-order valence-corrected chi connectivity index (χ1v) is 7.38. The molecule has 0 spiro atoms. The first-order chi connectivity index (χ1) is 8.37. The number of hydrogen-bond donors (Lipinski definition) is 1. The first kappa shape index (κ1) is 13.8. The molecule has 4 heteroatoms. The highest BCUT2D eigenvalue weighted by atomic mass is 32.1. The van der Waals surface area contributed by atoms with Crippen LogP contribution in [0.2, 0.25) is 0 Å². The largest absolute Gasteiger partial charge is 0.392 e. The van der Waals surface area contributed by atoms with Gasteiger partial charge >= 0.3 is 0 Å². The second kappa shape index (κ2) is 4.80. The molecule has 1 aliphatic carbocycles. The quantitative estimate of drug-likeness (QED) is 0.783. The van der Waals surface area contributed by atoms with Crippen LogP contribution < -0.4 is 5.73 Å². The third-order valence-electron chi connectivity index (χ3n) is 4.55. The van der Waals surface area contributed by atoms with Gasteiger partial charge in [-0.3, -0.25) is 4.79 Å². The van der Waals surface area contributed by atoms with E-state index in [1.165, 1.54) is 6.42 Å². The molecule has 1 aliphatic heterocycles. The number of nitrogens with two attached hydrogens (primary N) is 1. The number of amides is 1. The van der Waals surface area contributed by atoms with Crippen molar-refractivity contribution in [3.05, 3.63) is 0 Å². The predicted molar refractivity (Wildman–Crippen MR) is 77.3 cm³/mol. The Morgan fingerprint density at radius 1 is 1.17 bits per heavy atom. The van der Waals surface area contributed by atoms with Crippen LogP contribution in [0.4, 0.5) is 0 Å². The summed E-state index contributed by atoms with van der Waals surface area (Å²) in [6.45, 7) is 6.13. The van der Waals surface area contributed by atoms with Crippen LogP contribution in [-0.2, 0) is 4.79 Å². The molecule has 0 aromatic rings. The highest BCUT2D eigenvalue weighted by Crippen LogP contribution is 2.40. The topological polar surface area (TPSA) is 46.3 Å². The van der Waals surface area contributed by atoms with E-state index in [0.29, 0.717) is 4.99 Å². The van der Waals surface area contributed by atoms with Gasteiger partial charge in [-0.15, -0.1) is 0 Å². The second-order valence-corrected chi connectivity index (χ2v) is 7.09. The molecule has 1 saturated carbocycles. The number of carbonyl (C=O) groups is 1. The maximum atomic E-state index is 12.8. The van der Waals surface area contributed by atoms with Crippen molar-refractivity contribution in [2.24, 2.45) is 16.6 Å². The van der Waals surface area contributed by atoms with Gasteiger partial charge < -0.3 is 10.6 Å². The first-order valence-electron chi connectivity index (χ1n) is 6.97. The summed E-state index contributed by atoms with van der Waals surface area (Å²) in [5, 5.41) is 0. The summed E-state index contributed by atoms with van der Waals surface area (Å²) in [7, 11) is 0. The van der Waals surface area contributed by atoms with Gasteiger partial charge in [-0.25, -0.2) is 0 Å². The zero-order valence-electron chi connectivity index (χ0n) is 11.5. The maximum Gasteiger partial charge on any atom is 0.235 e. The zero-order valence-corrected chi connectivity index (χ0v) is 12.3. The van der Waals surface area contributed by atoms with Gasteiger partial charge in [-0.05, 0) is 24.7 Å². The summed E-state index contributed by atoms with van der Waals surface area (Å²) < 4.78 is 0. The minimum Gasteiger partial charge on any atom is -0.392 e. The van der Waals surface area contributed by atoms with Crippen LogP contribution in [0.5, 0.6) is 0 Å². The molecule has 0 atom stereocenters. The number of likely N-dealkylation sites (tertiary alicyclic amines) is 1. The second-order valence-electron chi connectivity index (χ2n) is 6.65. The fourth-order valence-corrected chi connectivity index (χ4v) is 3.60. The van der Waals surface area contributed by atoms with Crippen molar-refractivity contribution in [3.8, 4) is 0 Å². The van der Waals surface area contributed by atoms with Crippen LogP contribution >= 0.6 is 12.2 Å². The Labute approximate surface area is 115 Å². The van der Waals surface area contributed by atoms with Crippen molar-refractivity contribution < 1.29 is 4.79 Å². The van der Waals surface area contributed by atoms with Crippen molar-refractivity contribution in [1.82, 2.24) is 4.90 Å². The third kappa shape index (κ3) is 2.40. The van der Waals surface area contributed by atoms with Gasteiger partial charge in [0, 0.05) is 13.1 Å². The zero-order chi connectivity index (χ0) is 13.4. The standard InChI is InChI=1S/C14H24N2OS/c1-13(2)8-9-16(10-13)12(17)14(11(15)18)6-4-3-5-7-14/h3-10H2,1-2H3,(H2,15,18). The number of nitrogens with zero attached hydrogens (tertiary/aromatic N) is 1. The number of carbonyl (C=O) groups excluding carboxylic acids is 1. The van der Waals surface area contributed by atoms with Gasteiger partial charge in [0.15, 0.2) is 0 Å². The molecule has 0 bridgehead atoms. The van der Waals surface area contributed by atoms with E-state index in [-0.39, 0.29) is 11.3 Å². The predicted octanol–water partition coefficient (Wildman–Crippen LogP) is 2.48. The molecule has 102 valence electrons. The summed E-state index contributed by atoms with van der Waals surface area (Å²) in [6.07, 6.45) is 6.10. The molecule has 0 unspecified atom stereocenters. The summed E-state index contributed by atoms with van der Waals surface area (Å²) in [5.74, 6) is 0.195. The van der Waals surface area contributed by atoms with Gasteiger partial charge in [0.05, 0.1) is 10.4 Å². The van der Waals surface area contributed by atoms with E-state index in [1.807, 2.05) is 4.90 Å². The molecule has 2 fully saturated rings. The normalized spacial score (nSPS) is 26.0. The Morgan fingerprint density at radius 2 is 1.78 bits per heavy atom. The van der Waals surface area contributed by atoms with Crippen molar-refractivity contribution in [3.63, 3.8) is 0 Å². The van der Waals surface area contributed by atoms with E-state index >= 15 is 0 Å². The van der Waals surface area contributed by atoms with Crippen LogP contribution in [0, 0.1) is 10.8 Å². The van der Waals surface area contributed by atoms with E-state index in [0.717, 1.165) is 45.2 Å². The van der Waals surface area contributed by atoms with E-state index in [2.05, 4.69) is 13.8 Å². The highest BCUT2D eigenvalue weighted by molar-refractivity contribution is 7.80. The van der Waals surface area contributed by atoms with Crippen LogP contribution in [0.25, 0.3) is 0 Å². The monoisotopic (exact) mass is 268 g/mol. The molecule has 18 heavy (non-hydrogen) atoms. The highest BCUT2D eigenvalue weighted by Gasteiger charge is 2.46.